The highest BCUT2D eigenvalue weighted by atomic mass is 19.4. The molecule has 0 aliphatic heterocycles. The fourth-order valence-corrected chi connectivity index (χ4v) is 3.68. The van der Waals surface area contributed by atoms with Crippen LogP contribution in [0, 0.1) is 0 Å². The van der Waals surface area contributed by atoms with Gasteiger partial charge in [0.2, 0.25) is 5.91 Å². The molecule has 10 heteroatoms. The highest BCUT2D eigenvalue weighted by Gasteiger charge is 2.31. The molecule has 0 spiro atoms. The summed E-state index contributed by atoms with van der Waals surface area (Å²) in [7, 11) is 0. The van der Waals surface area contributed by atoms with Crippen LogP contribution in [0.5, 0.6) is 0 Å². The second kappa shape index (κ2) is 10.8. The number of carbonyl (C=O) groups excluding carboxylic acids is 1. The van der Waals surface area contributed by atoms with E-state index >= 15 is 0 Å². The number of hydrogen-bond donors (Lipinski definition) is 2. The average molecular weight is 527 g/mol. The first-order valence-corrected chi connectivity index (χ1v) is 11.2. The first kappa shape index (κ1) is 26.5. The maximum absolute atomic E-state index is 13.0. The number of nitrogens with zero attached hydrogens (tertiary/aromatic N) is 1. The number of alkyl halides is 6. The molecule has 1 amide bonds. The van der Waals surface area contributed by atoms with Gasteiger partial charge in [0, 0.05) is 17.8 Å². The molecule has 0 fully saturated rings. The number of benzene rings is 3. The fourth-order valence-electron chi connectivity index (χ4n) is 3.68. The molecular weight excluding hydrogens is 508 g/mol. The van der Waals surface area contributed by atoms with Crippen LogP contribution in [0.3, 0.4) is 0 Å². The van der Waals surface area contributed by atoms with Crippen molar-refractivity contribution >= 4 is 17.2 Å². The monoisotopic (exact) mass is 527 g/mol. The van der Waals surface area contributed by atoms with Crippen molar-refractivity contribution in [1.82, 2.24) is 10.2 Å². The summed E-state index contributed by atoms with van der Waals surface area (Å²) in [6, 6.07) is 17.2. The Labute approximate surface area is 213 Å². The smallest absolute Gasteiger partial charge is 0.322 e. The van der Waals surface area contributed by atoms with Gasteiger partial charge < -0.3 is 5.32 Å². The maximum atomic E-state index is 13.0. The van der Waals surface area contributed by atoms with Crippen LogP contribution in [-0.4, -0.2) is 16.1 Å². The zero-order chi connectivity index (χ0) is 27.3. The number of allylic oxidation sites excluding steroid dienone is 2. The summed E-state index contributed by atoms with van der Waals surface area (Å²) in [5.41, 5.74) is 1.17. The van der Waals surface area contributed by atoms with Gasteiger partial charge in [-0.05, 0) is 53.1 Å². The Morgan fingerprint density at radius 3 is 1.82 bits per heavy atom. The van der Waals surface area contributed by atoms with Crippen molar-refractivity contribution in [3.05, 3.63) is 126 Å². The first-order chi connectivity index (χ1) is 18.0. The van der Waals surface area contributed by atoms with Gasteiger partial charge in [-0.2, -0.15) is 31.4 Å². The van der Waals surface area contributed by atoms with E-state index in [1.165, 1.54) is 42.5 Å². The summed E-state index contributed by atoms with van der Waals surface area (Å²) in [4.78, 5) is 12.6. The quantitative estimate of drug-likeness (QED) is 0.153. The zero-order valence-corrected chi connectivity index (χ0v) is 19.4. The van der Waals surface area contributed by atoms with E-state index in [-0.39, 0.29) is 0 Å². The number of para-hydroxylation sites is 1. The number of H-pyrrole nitrogens is 1. The molecule has 1 heterocycles. The van der Waals surface area contributed by atoms with Crippen molar-refractivity contribution in [2.24, 2.45) is 0 Å². The fraction of sp³-hybridized carbons (Fsp3) is 0.0714. The normalized spacial score (nSPS) is 11.9. The summed E-state index contributed by atoms with van der Waals surface area (Å²) in [6.07, 6.45) is -3.48. The minimum absolute atomic E-state index is 0.326. The number of aromatic amines is 1. The Morgan fingerprint density at radius 2 is 1.32 bits per heavy atom. The lowest BCUT2D eigenvalue weighted by atomic mass is 9.95. The van der Waals surface area contributed by atoms with E-state index in [4.69, 9.17) is 0 Å². The van der Waals surface area contributed by atoms with E-state index in [1.54, 1.807) is 36.5 Å². The lowest BCUT2D eigenvalue weighted by molar-refractivity contribution is -0.138. The van der Waals surface area contributed by atoms with Gasteiger partial charge >= 0.3 is 12.4 Å². The standard InChI is InChI=1S/C28H19F6N3O/c29-27(30,31)20-12-8-18(9-13-20)22(19-10-14-21(15-11-19)28(32,33)34)5-3-7-26(38)36-24-6-2-1-4-23(24)25-16-17-35-37-25/h1-17H,(H,35,37)(H,36,38). The van der Waals surface area contributed by atoms with Gasteiger partial charge in [0.15, 0.2) is 0 Å². The number of amides is 1. The molecule has 4 rings (SSSR count). The molecule has 194 valence electrons. The number of halogens is 6. The van der Waals surface area contributed by atoms with Gasteiger partial charge in [0.1, 0.15) is 0 Å². The topological polar surface area (TPSA) is 57.8 Å². The minimum atomic E-state index is -4.54. The molecule has 0 saturated carbocycles. The van der Waals surface area contributed by atoms with Crippen LogP contribution in [0.2, 0.25) is 0 Å². The van der Waals surface area contributed by atoms with Gasteiger partial charge in [0.05, 0.1) is 22.5 Å². The van der Waals surface area contributed by atoms with E-state index in [1.807, 2.05) is 0 Å². The van der Waals surface area contributed by atoms with Gasteiger partial charge in [0.25, 0.3) is 0 Å². The maximum Gasteiger partial charge on any atom is 0.416 e. The molecule has 3 aromatic carbocycles. The largest absolute Gasteiger partial charge is 0.416 e. The molecule has 0 saturated heterocycles. The zero-order valence-electron chi connectivity index (χ0n) is 19.4. The van der Waals surface area contributed by atoms with Crippen LogP contribution >= 0.6 is 0 Å². The second-order valence-electron chi connectivity index (χ2n) is 8.09. The van der Waals surface area contributed by atoms with Gasteiger partial charge in [-0.25, -0.2) is 0 Å². The molecule has 0 aliphatic carbocycles. The van der Waals surface area contributed by atoms with E-state index in [9.17, 15) is 31.1 Å². The van der Waals surface area contributed by atoms with Crippen molar-refractivity contribution in [1.29, 1.82) is 0 Å². The third-order valence-corrected chi connectivity index (χ3v) is 5.53. The number of aromatic nitrogens is 2. The summed E-state index contributed by atoms with van der Waals surface area (Å²) < 4.78 is 78.0. The Balaban J connectivity index is 1.62. The van der Waals surface area contributed by atoms with E-state index in [2.05, 4.69) is 15.5 Å². The molecular formula is C28H19F6N3O. The Morgan fingerprint density at radius 1 is 0.763 bits per heavy atom. The SMILES string of the molecule is O=C(C=CC=C(c1ccc(C(F)(F)F)cc1)c1ccc(C(F)(F)F)cc1)Nc1ccccc1-c1ccn[nH]1. The van der Waals surface area contributed by atoms with Crippen LogP contribution in [0.1, 0.15) is 22.3 Å². The highest BCUT2D eigenvalue weighted by molar-refractivity contribution is 6.02. The summed E-state index contributed by atoms with van der Waals surface area (Å²) in [5, 5.41) is 9.46. The Kier molecular flexibility index (Phi) is 7.52. The van der Waals surface area contributed by atoms with Crippen LogP contribution in [0.15, 0.2) is 103 Å². The molecule has 0 bridgehead atoms. The lowest BCUT2D eigenvalue weighted by Crippen LogP contribution is -2.08. The summed E-state index contributed by atoms with van der Waals surface area (Å²) in [6.45, 7) is 0. The van der Waals surface area contributed by atoms with Crippen LogP contribution in [-0.2, 0) is 17.1 Å². The van der Waals surface area contributed by atoms with Gasteiger partial charge in [-0.1, -0.05) is 54.6 Å². The molecule has 4 aromatic rings. The van der Waals surface area contributed by atoms with E-state index in [0.29, 0.717) is 33.6 Å². The van der Waals surface area contributed by atoms with Crippen LogP contribution in [0.4, 0.5) is 32.0 Å². The van der Waals surface area contributed by atoms with Crippen molar-refractivity contribution < 1.29 is 31.1 Å². The second-order valence-corrected chi connectivity index (χ2v) is 8.09. The number of nitrogens with one attached hydrogen (secondary N) is 2. The first-order valence-electron chi connectivity index (χ1n) is 11.2. The number of hydrogen-bond acceptors (Lipinski definition) is 2. The summed E-state index contributed by atoms with van der Waals surface area (Å²) in [5.74, 6) is -0.493. The molecule has 0 unspecified atom stereocenters. The molecule has 0 atom stereocenters. The molecule has 0 radical (unpaired) electrons. The van der Waals surface area contributed by atoms with E-state index < -0.39 is 29.4 Å². The molecule has 2 N–H and O–H groups in total. The van der Waals surface area contributed by atoms with Gasteiger partial charge in [-0.3, -0.25) is 9.89 Å². The van der Waals surface area contributed by atoms with Crippen molar-refractivity contribution in [2.45, 2.75) is 12.4 Å². The minimum Gasteiger partial charge on any atom is -0.322 e. The number of rotatable bonds is 6. The number of carbonyl (C=O) groups is 1. The predicted octanol–water partition coefficient (Wildman–Crippen LogP) is 7.74. The average Bonchev–Trinajstić information content (AvgIpc) is 3.41. The predicted molar refractivity (Wildman–Crippen MR) is 132 cm³/mol. The van der Waals surface area contributed by atoms with Crippen molar-refractivity contribution in [3.8, 4) is 11.3 Å². The highest BCUT2D eigenvalue weighted by Crippen LogP contribution is 2.34. The molecule has 1 aromatic heterocycles. The van der Waals surface area contributed by atoms with Gasteiger partial charge in [-0.15, -0.1) is 0 Å². The van der Waals surface area contributed by atoms with E-state index in [0.717, 1.165) is 24.3 Å². The van der Waals surface area contributed by atoms with Crippen LogP contribution < -0.4 is 5.32 Å². The number of anilines is 1. The Bertz CT molecular complexity index is 1390. The van der Waals surface area contributed by atoms with Crippen molar-refractivity contribution in [3.63, 3.8) is 0 Å². The Hall–Kier alpha value is -4.60. The van der Waals surface area contributed by atoms with Crippen LogP contribution in [0.25, 0.3) is 16.8 Å². The summed E-state index contributed by atoms with van der Waals surface area (Å²) >= 11 is 0. The molecule has 0 aliphatic rings. The molecule has 4 nitrogen and oxygen atoms in total. The van der Waals surface area contributed by atoms with Crippen molar-refractivity contribution in [2.75, 3.05) is 5.32 Å². The lowest BCUT2D eigenvalue weighted by Gasteiger charge is -2.12. The third kappa shape index (κ3) is 6.39. The molecule has 38 heavy (non-hydrogen) atoms. The third-order valence-electron chi connectivity index (χ3n) is 5.53.